The van der Waals surface area contributed by atoms with Crippen molar-refractivity contribution in [2.75, 3.05) is 19.7 Å². The van der Waals surface area contributed by atoms with E-state index < -0.39 is 6.10 Å². The summed E-state index contributed by atoms with van der Waals surface area (Å²) < 4.78 is 6.00. The Labute approximate surface area is 194 Å². The molecule has 2 amide bonds. The zero-order valence-electron chi connectivity index (χ0n) is 18.8. The number of aliphatic hydroxyl groups excluding tert-OH is 1. The zero-order valence-corrected chi connectivity index (χ0v) is 18.8. The number of nitrogens with one attached hydrogen (secondary N) is 1. The molecule has 2 saturated heterocycles. The Morgan fingerprint density at radius 3 is 2.58 bits per heavy atom. The summed E-state index contributed by atoms with van der Waals surface area (Å²) in [5, 5.41) is 12.7. The summed E-state index contributed by atoms with van der Waals surface area (Å²) in [6.45, 7) is 1.34. The number of likely N-dealkylation sites (tertiary alicyclic amines) is 1. The molecular formula is C25H32N4O4. The number of rotatable bonds is 7. The van der Waals surface area contributed by atoms with Gasteiger partial charge in [0.15, 0.2) is 0 Å². The summed E-state index contributed by atoms with van der Waals surface area (Å²) in [5.41, 5.74) is 1.58. The lowest BCUT2D eigenvalue weighted by atomic mass is 9.90. The van der Waals surface area contributed by atoms with Crippen LogP contribution in [0.4, 0.5) is 0 Å². The Morgan fingerprint density at radius 1 is 1.09 bits per heavy atom. The maximum absolute atomic E-state index is 12.9. The first kappa shape index (κ1) is 23.3. The van der Waals surface area contributed by atoms with Crippen LogP contribution in [0.15, 0.2) is 48.9 Å². The number of aliphatic hydroxyl groups is 1. The molecule has 0 radical (unpaired) electrons. The predicted molar refractivity (Wildman–Crippen MR) is 122 cm³/mol. The van der Waals surface area contributed by atoms with E-state index in [0.29, 0.717) is 25.2 Å². The summed E-state index contributed by atoms with van der Waals surface area (Å²) in [6.07, 6.45) is 8.26. The quantitative estimate of drug-likeness (QED) is 0.666. The van der Waals surface area contributed by atoms with E-state index >= 15 is 0 Å². The van der Waals surface area contributed by atoms with Crippen molar-refractivity contribution in [1.82, 2.24) is 20.2 Å². The smallest absolute Gasteiger partial charge is 0.271 e. The number of ether oxygens (including phenoxy) is 1. The van der Waals surface area contributed by atoms with Crippen molar-refractivity contribution in [3.8, 4) is 0 Å². The van der Waals surface area contributed by atoms with Crippen molar-refractivity contribution in [2.45, 2.75) is 56.8 Å². The third-order valence-corrected chi connectivity index (χ3v) is 6.64. The van der Waals surface area contributed by atoms with Crippen LogP contribution in [-0.2, 0) is 16.0 Å². The largest absolute Gasteiger partial charge is 0.394 e. The SMILES string of the molecule is O=C(N[C@@H]1CC[C@@H](CC(=O)N2CCC(Cc3ccccc3)CC2)O[C@@H]1CO)c1cnccn1. The number of aromatic nitrogens is 2. The van der Waals surface area contributed by atoms with Gasteiger partial charge in [0.2, 0.25) is 5.91 Å². The van der Waals surface area contributed by atoms with Gasteiger partial charge in [-0.15, -0.1) is 0 Å². The van der Waals surface area contributed by atoms with Crippen LogP contribution in [0.25, 0.3) is 0 Å². The van der Waals surface area contributed by atoms with Crippen LogP contribution < -0.4 is 5.32 Å². The Balaban J connectivity index is 1.22. The van der Waals surface area contributed by atoms with Gasteiger partial charge in [0.1, 0.15) is 11.8 Å². The molecule has 0 aliphatic carbocycles. The average Bonchev–Trinajstić information content (AvgIpc) is 2.86. The summed E-state index contributed by atoms with van der Waals surface area (Å²) >= 11 is 0. The van der Waals surface area contributed by atoms with Crippen molar-refractivity contribution in [1.29, 1.82) is 0 Å². The topological polar surface area (TPSA) is 105 Å². The van der Waals surface area contributed by atoms with Gasteiger partial charge in [-0.1, -0.05) is 30.3 Å². The van der Waals surface area contributed by atoms with Crippen molar-refractivity contribution < 1.29 is 19.4 Å². The van der Waals surface area contributed by atoms with Crippen LogP contribution in [-0.4, -0.2) is 69.7 Å². The number of benzene rings is 1. The third-order valence-electron chi connectivity index (χ3n) is 6.64. The summed E-state index contributed by atoms with van der Waals surface area (Å²) in [6, 6.07) is 10.2. The maximum atomic E-state index is 12.9. The van der Waals surface area contributed by atoms with E-state index in [1.54, 1.807) is 0 Å². The molecule has 2 aliphatic heterocycles. The summed E-state index contributed by atoms with van der Waals surface area (Å²) in [5.74, 6) is 0.375. The lowest BCUT2D eigenvalue weighted by Crippen LogP contribution is -2.52. The van der Waals surface area contributed by atoms with Crippen LogP contribution in [0.2, 0.25) is 0 Å². The Kier molecular flexibility index (Phi) is 8.01. The fourth-order valence-corrected chi connectivity index (χ4v) is 4.76. The predicted octanol–water partition coefficient (Wildman–Crippen LogP) is 1.99. The van der Waals surface area contributed by atoms with E-state index in [1.165, 1.54) is 24.2 Å². The normalized spacial score (nSPS) is 23.8. The second-order valence-electron chi connectivity index (χ2n) is 8.95. The molecule has 176 valence electrons. The van der Waals surface area contributed by atoms with Crippen LogP contribution in [0.5, 0.6) is 0 Å². The average molecular weight is 453 g/mol. The standard InChI is InChI=1S/C25H32N4O4/c30-17-23-21(28-25(32)22-16-26-10-11-27-22)7-6-20(33-23)15-24(31)29-12-8-19(9-13-29)14-18-4-2-1-3-5-18/h1-5,10-11,16,19-21,23,30H,6-9,12-15,17H2,(H,28,32)/t20-,21+,23+/m0/s1. The van der Waals surface area contributed by atoms with Crippen LogP contribution in [0.3, 0.4) is 0 Å². The van der Waals surface area contributed by atoms with E-state index in [4.69, 9.17) is 4.74 Å². The van der Waals surface area contributed by atoms with Gasteiger partial charge in [-0.05, 0) is 43.6 Å². The highest BCUT2D eigenvalue weighted by Gasteiger charge is 2.34. The fourth-order valence-electron chi connectivity index (χ4n) is 4.76. The van der Waals surface area contributed by atoms with Gasteiger partial charge < -0.3 is 20.1 Å². The Morgan fingerprint density at radius 2 is 1.88 bits per heavy atom. The minimum absolute atomic E-state index is 0.108. The van der Waals surface area contributed by atoms with Gasteiger partial charge in [-0.25, -0.2) is 4.98 Å². The molecule has 0 spiro atoms. The first-order valence-corrected chi connectivity index (χ1v) is 11.8. The van der Waals surface area contributed by atoms with E-state index in [-0.39, 0.29) is 36.3 Å². The Bertz CT molecular complexity index is 903. The van der Waals surface area contributed by atoms with E-state index in [1.807, 2.05) is 11.0 Å². The lowest BCUT2D eigenvalue weighted by Gasteiger charge is -2.37. The molecule has 1 aromatic heterocycles. The Hall–Kier alpha value is -2.84. The number of amides is 2. The molecule has 1 aromatic carbocycles. The first-order chi connectivity index (χ1) is 16.1. The third kappa shape index (κ3) is 6.36. The molecule has 8 heteroatoms. The lowest BCUT2D eigenvalue weighted by molar-refractivity contribution is -0.141. The van der Waals surface area contributed by atoms with Gasteiger partial charge in [0, 0.05) is 25.5 Å². The molecule has 8 nitrogen and oxygen atoms in total. The zero-order chi connectivity index (χ0) is 23.0. The van der Waals surface area contributed by atoms with Gasteiger partial charge >= 0.3 is 0 Å². The number of carbonyl (C=O) groups excluding carboxylic acids is 2. The molecule has 2 aliphatic rings. The van der Waals surface area contributed by atoms with E-state index in [0.717, 1.165) is 32.4 Å². The highest BCUT2D eigenvalue weighted by molar-refractivity contribution is 5.92. The summed E-state index contributed by atoms with van der Waals surface area (Å²) in [7, 11) is 0. The summed E-state index contributed by atoms with van der Waals surface area (Å²) in [4.78, 5) is 35.1. The second kappa shape index (κ2) is 11.3. The molecule has 33 heavy (non-hydrogen) atoms. The van der Waals surface area contributed by atoms with Gasteiger partial charge in [0.25, 0.3) is 5.91 Å². The number of piperidine rings is 1. The molecule has 3 atom stereocenters. The highest BCUT2D eigenvalue weighted by Crippen LogP contribution is 2.25. The van der Waals surface area contributed by atoms with Crippen molar-refractivity contribution >= 4 is 11.8 Å². The molecule has 0 unspecified atom stereocenters. The molecular weight excluding hydrogens is 420 g/mol. The molecule has 0 bridgehead atoms. The minimum atomic E-state index is -0.547. The molecule has 4 rings (SSSR count). The minimum Gasteiger partial charge on any atom is -0.394 e. The van der Waals surface area contributed by atoms with E-state index in [9.17, 15) is 14.7 Å². The first-order valence-electron chi connectivity index (χ1n) is 11.8. The number of hydrogen-bond acceptors (Lipinski definition) is 6. The van der Waals surface area contributed by atoms with Crippen LogP contribution in [0, 0.1) is 5.92 Å². The number of nitrogens with zero attached hydrogens (tertiary/aromatic N) is 3. The van der Waals surface area contributed by atoms with Crippen molar-refractivity contribution in [3.63, 3.8) is 0 Å². The molecule has 2 N–H and O–H groups in total. The van der Waals surface area contributed by atoms with E-state index in [2.05, 4.69) is 39.6 Å². The van der Waals surface area contributed by atoms with Crippen LogP contribution in [0.1, 0.15) is 48.2 Å². The van der Waals surface area contributed by atoms with Crippen LogP contribution >= 0.6 is 0 Å². The molecule has 3 heterocycles. The second-order valence-corrected chi connectivity index (χ2v) is 8.95. The van der Waals surface area contributed by atoms with Crippen molar-refractivity contribution in [2.24, 2.45) is 5.92 Å². The van der Waals surface area contributed by atoms with Gasteiger partial charge in [-0.3, -0.25) is 14.6 Å². The molecule has 2 fully saturated rings. The fraction of sp³-hybridized carbons (Fsp3) is 0.520. The van der Waals surface area contributed by atoms with Gasteiger partial charge in [-0.2, -0.15) is 0 Å². The molecule has 2 aromatic rings. The maximum Gasteiger partial charge on any atom is 0.271 e. The van der Waals surface area contributed by atoms with Gasteiger partial charge in [0.05, 0.1) is 31.4 Å². The highest BCUT2D eigenvalue weighted by atomic mass is 16.5. The molecule has 0 saturated carbocycles. The monoisotopic (exact) mass is 452 g/mol. The van der Waals surface area contributed by atoms with Crippen molar-refractivity contribution in [3.05, 3.63) is 60.2 Å². The number of carbonyl (C=O) groups is 2. The number of hydrogen-bond donors (Lipinski definition) is 2.